The van der Waals surface area contributed by atoms with E-state index in [1.807, 2.05) is 65.3 Å². The summed E-state index contributed by atoms with van der Waals surface area (Å²) < 4.78 is 12.9. The molecule has 6 amide bonds. The standard InChI is InChI=1S/C26H27N7O3.C26H26N6O4.C18H16N8O2/c1-3-27-26(36)31-25-29-21-13-18(16-8-11-32(2)22(34)14-16)12-19(23(21)30-25)20-7-6-17(15-28-20)24(35)33-9-4-5-10-33;1-3-36-26(35)30-25-28-21-13-18(16-8-11-31(2)22(33)14-16)12-19(23(21)29-25)20-7-6-17(15-27-20)24(34)32-9-4-5-10-32;1-2-28-18(27)26-17-24-13-7-10(11-8-22-16(19)23-9-11)6-12(14(13)25-17)15-20-4-3-5-21-15/h6-8,11-15H,3-5,9-10H2,1-2H3,(H3,27,29,30,31,36);6-8,11-15H,3-5,9-10H2,1-2H3,(H2,28,29,30,35);3-9H,2H2,1H3,(H2,19,22,23)(H2,24,25,26,27). The number of nitrogens with one attached hydrogen (secondary N) is 7. The third-order valence-corrected chi connectivity index (χ3v) is 16.4. The zero-order valence-corrected chi connectivity index (χ0v) is 55.1. The first-order chi connectivity index (χ1) is 48.5. The predicted molar refractivity (Wildman–Crippen MR) is 377 cm³/mol. The normalized spacial score (nSPS) is 12.5. The fraction of sp³-hybridized carbons (Fsp3) is 0.229. The van der Waals surface area contributed by atoms with Crippen LogP contribution in [0.1, 0.15) is 67.2 Å². The van der Waals surface area contributed by atoms with Crippen LogP contribution in [0.25, 0.3) is 100 Å². The number of nitrogens with two attached hydrogens (primary N) is 1. The number of pyridine rings is 4. The van der Waals surface area contributed by atoms with Gasteiger partial charge in [-0.1, -0.05) is 0 Å². The first kappa shape index (κ1) is 67.0. The molecule has 2 aliphatic heterocycles. The molecule has 3 aromatic carbocycles. The van der Waals surface area contributed by atoms with Gasteiger partial charge in [0.15, 0.2) is 5.82 Å². The molecule has 2 saturated heterocycles. The summed E-state index contributed by atoms with van der Waals surface area (Å²) in [6, 6.07) is 26.7. The van der Waals surface area contributed by atoms with Gasteiger partial charge in [0.25, 0.3) is 22.9 Å². The summed E-state index contributed by atoms with van der Waals surface area (Å²) >= 11 is 0. The Morgan fingerprint density at radius 3 is 1.32 bits per heavy atom. The Morgan fingerprint density at radius 1 is 0.490 bits per heavy atom. The fourth-order valence-electron chi connectivity index (χ4n) is 11.4. The van der Waals surface area contributed by atoms with E-state index in [0.29, 0.717) is 90.6 Å². The topological polar surface area (TPSA) is 392 Å². The second-order valence-corrected chi connectivity index (χ2v) is 23.2. The van der Waals surface area contributed by atoms with Crippen molar-refractivity contribution in [3.63, 3.8) is 0 Å². The Hall–Kier alpha value is -13.0. The summed E-state index contributed by atoms with van der Waals surface area (Å²) in [5.41, 5.74) is 18.2. The number of anilines is 4. The van der Waals surface area contributed by atoms with Gasteiger partial charge in [0, 0.05) is 131 Å². The molecule has 2 aliphatic rings. The van der Waals surface area contributed by atoms with Crippen LogP contribution in [0.3, 0.4) is 0 Å². The van der Waals surface area contributed by atoms with E-state index in [1.165, 1.54) is 9.13 Å². The van der Waals surface area contributed by atoms with E-state index in [9.17, 15) is 33.6 Å². The third kappa shape index (κ3) is 15.3. The molecule has 2 fully saturated rings. The third-order valence-electron chi connectivity index (χ3n) is 16.4. The van der Waals surface area contributed by atoms with Gasteiger partial charge >= 0.3 is 18.2 Å². The molecular weight excluding hydrogens is 1280 g/mol. The molecule has 30 nitrogen and oxygen atoms in total. The lowest BCUT2D eigenvalue weighted by Gasteiger charge is -2.15. The SMILES string of the molecule is CCNC(=O)Nc1nc2c(-c3ccc(C(=O)N4CCCC4)cn3)cc(-c3ccn(C)c(=O)c3)cc2[nH]1.CCOC(=O)Nc1nc2c(-c3ccc(C(=O)N4CCCC4)cn3)cc(-c3ccn(C)c(=O)c3)cc2[nH]1.CCOC(=O)Nc1nc2c(-c3ncccn3)cc(-c3cnc(N)nc3)cc2[nH]1. The maximum atomic E-state index is 12.8. The zero-order chi connectivity index (χ0) is 70.0. The van der Waals surface area contributed by atoms with Gasteiger partial charge in [-0.2, -0.15) is 0 Å². The number of nitrogens with zero attached hydrogens (tertiary/aromatic N) is 13. The maximum Gasteiger partial charge on any atom is 0.413 e. The number of aromatic nitrogens is 14. The molecule has 0 aliphatic carbocycles. The molecule has 0 unspecified atom stereocenters. The predicted octanol–water partition coefficient (Wildman–Crippen LogP) is 9.79. The van der Waals surface area contributed by atoms with Crippen molar-refractivity contribution in [1.82, 2.24) is 84.1 Å². The number of benzene rings is 3. The van der Waals surface area contributed by atoms with Gasteiger partial charge in [-0.3, -0.25) is 45.1 Å². The number of nitrogen functional groups attached to an aromatic ring is 1. The van der Waals surface area contributed by atoms with E-state index < -0.39 is 12.2 Å². The molecule has 14 rings (SSSR count). The number of likely N-dealkylation sites (tertiary alicyclic amines) is 2. The number of amides is 6. The van der Waals surface area contributed by atoms with Crippen LogP contribution >= 0.6 is 0 Å². The number of H-pyrrole nitrogens is 3. The molecule has 0 bridgehead atoms. The lowest BCUT2D eigenvalue weighted by Crippen LogP contribution is -2.28. The van der Waals surface area contributed by atoms with Crippen molar-refractivity contribution in [3.8, 4) is 67.3 Å². The van der Waals surface area contributed by atoms with E-state index in [1.54, 1.807) is 120 Å². The second-order valence-electron chi connectivity index (χ2n) is 23.2. The number of imidazole rings is 3. The summed E-state index contributed by atoms with van der Waals surface area (Å²) in [6.45, 7) is 9.33. The Bertz CT molecular complexity index is 4910. The highest BCUT2D eigenvalue weighted by atomic mass is 16.6. The average Bonchev–Trinajstić information content (AvgIpc) is 1.68. The van der Waals surface area contributed by atoms with E-state index in [-0.39, 0.29) is 60.0 Å². The van der Waals surface area contributed by atoms with Crippen LogP contribution in [0.2, 0.25) is 0 Å². The van der Waals surface area contributed by atoms with E-state index in [0.717, 1.165) is 85.2 Å². The first-order valence-electron chi connectivity index (χ1n) is 32.2. The Morgan fingerprint density at radius 2 is 0.910 bits per heavy atom. The van der Waals surface area contributed by atoms with Crippen LogP contribution in [0.5, 0.6) is 0 Å². The van der Waals surface area contributed by atoms with Gasteiger partial charge in [-0.05, 0) is 153 Å². The van der Waals surface area contributed by atoms with Crippen LogP contribution in [-0.4, -0.2) is 155 Å². The van der Waals surface area contributed by atoms with Crippen LogP contribution in [0, 0.1) is 0 Å². The van der Waals surface area contributed by atoms with Crippen LogP contribution in [0.4, 0.5) is 38.2 Å². The van der Waals surface area contributed by atoms with Crippen LogP contribution in [0.15, 0.2) is 150 Å². The lowest BCUT2D eigenvalue weighted by atomic mass is 10.00. The van der Waals surface area contributed by atoms with Crippen LogP contribution < -0.4 is 38.1 Å². The number of fused-ring (bicyclic) bond motifs is 3. The summed E-state index contributed by atoms with van der Waals surface area (Å²) in [5.74, 6) is 1.44. The molecule has 0 saturated carbocycles. The highest BCUT2D eigenvalue weighted by Gasteiger charge is 2.24. The van der Waals surface area contributed by atoms with Crippen molar-refractivity contribution in [3.05, 3.63) is 172 Å². The summed E-state index contributed by atoms with van der Waals surface area (Å²) in [4.78, 5) is 138. The van der Waals surface area contributed by atoms with E-state index in [2.05, 4.69) is 81.1 Å². The minimum absolute atomic E-state index is 0.0150. The maximum absolute atomic E-state index is 12.8. The Labute approximate surface area is 569 Å². The van der Waals surface area contributed by atoms with Crippen molar-refractivity contribution < 1.29 is 33.4 Å². The van der Waals surface area contributed by atoms with Gasteiger partial charge in [0.05, 0.1) is 63.3 Å². The minimum atomic E-state index is -0.618. The van der Waals surface area contributed by atoms with Gasteiger partial charge in [-0.15, -0.1) is 0 Å². The molecule has 12 aromatic rings. The van der Waals surface area contributed by atoms with E-state index >= 15 is 0 Å². The van der Waals surface area contributed by atoms with Crippen molar-refractivity contribution in [2.45, 2.75) is 46.5 Å². The number of rotatable bonds is 14. The molecular formula is C70H69N21O9. The molecule has 100 heavy (non-hydrogen) atoms. The van der Waals surface area contributed by atoms with Crippen molar-refractivity contribution in [2.24, 2.45) is 14.1 Å². The molecule has 0 radical (unpaired) electrons. The molecule has 30 heteroatoms. The number of aromatic amines is 3. The Kier molecular flexibility index (Phi) is 20.1. The number of carbonyl (C=O) groups is 5. The summed E-state index contributed by atoms with van der Waals surface area (Å²) in [7, 11) is 3.39. The van der Waals surface area contributed by atoms with Crippen molar-refractivity contribution >= 4 is 86.9 Å². The average molecular weight is 1350 g/mol. The Balaban J connectivity index is 0.000000143. The molecule has 9 N–H and O–H groups in total. The number of aryl methyl sites for hydroxylation is 2. The smallest absolute Gasteiger partial charge is 0.413 e. The fourth-order valence-corrected chi connectivity index (χ4v) is 11.4. The first-order valence-corrected chi connectivity index (χ1v) is 32.2. The highest BCUT2D eigenvalue weighted by Crippen LogP contribution is 2.36. The molecule has 508 valence electrons. The monoisotopic (exact) mass is 1350 g/mol. The minimum Gasteiger partial charge on any atom is -0.450 e. The number of hydrogen-bond donors (Lipinski definition) is 8. The molecule has 11 heterocycles. The molecule has 0 spiro atoms. The van der Waals surface area contributed by atoms with Gasteiger partial charge in [0.1, 0.15) is 5.52 Å². The molecule has 9 aromatic heterocycles. The van der Waals surface area contributed by atoms with Crippen LogP contribution in [-0.2, 0) is 23.6 Å². The summed E-state index contributed by atoms with van der Waals surface area (Å²) in [5, 5.41) is 10.5. The highest BCUT2D eigenvalue weighted by molar-refractivity contribution is 6.02. The van der Waals surface area contributed by atoms with Gasteiger partial charge in [-0.25, -0.2) is 49.3 Å². The summed E-state index contributed by atoms with van der Waals surface area (Å²) in [6.07, 6.45) is 16.0. The quantitative estimate of drug-likeness (QED) is 0.0502. The second kappa shape index (κ2) is 30.0. The zero-order valence-electron chi connectivity index (χ0n) is 55.1. The number of ether oxygens (including phenoxy) is 2. The van der Waals surface area contributed by atoms with Gasteiger partial charge < -0.3 is 54.4 Å². The lowest BCUT2D eigenvalue weighted by molar-refractivity contribution is 0.0784. The number of hydrogen-bond acceptors (Lipinski definition) is 19. The number of urea groups is 1. The molecule has 0 atom stereocenters. The number of carbonyl (C=O) groups excluding carboxylic acids is 5. The van der Waals surface area contributed by atoms with Crippen molar-refractivity contribution in [2.75, 3.05) is 67.6 Å². The van der Waals surface area contributed by atoms with Crippen molar-refractivity contribution in [1.29, 1.82) is 0 Å². The largest absolute Gasteiger partial charge is 0.450 e. The van der Waals surface area contributed by atoms with E-state index in [4.69, 9.17) is 15.2 Å². The van der Waals surface area contributed by atoms with Gasteiger partial charge in [0.2, 0.25) is 23.8 Å².